The van der Waals surface area contributed by atoms with Crippen LogP contribution in [-0.2, 0) is 17.9 Å². The molecule has 176 valence electrons. The lowest BCUT2D eigenvalue weighted by molar-refractivity contribution is -0.116. The van der Waals surface area contributed by atoms with Crippen LogP contribution in [0.5, 0.6) is 0 Å². The summed E-state index contributed by atoms with van der Waals surface area (Å²) < 4.78 is 5.61. The number of anilines is 1. The molecule has 0 bridgehead atoms. The van der Waals surface area contributed by atoms with Gasteiger partial charge in [-0.25, -0.2) is 4.98 Å². The minimum Gasteiger partial charge on any atom is -0.444 e. The van der Waals surface area contributed by atoms with E-state index in [4.69, 9.17) is 4.42 Å². The number of carbonyl (C=O) groups is 1. The van der Waals surface area contributed by atoms with Gasteiger partial charge in [-0.15, -0.1) is 24.0 Å². The molecular formula is C25H32IN5O2. The first-order valence-corrected chi connectivity index (χ1v) is 10.8. The van der Waals surface area contributed by atoms with Gasteiger partial charge in [0.15, 0.2) is 5.96 Å². The van der Waals surface area contributed by atoms with Gasteiger partial charge in [0, 0.05) is 31.3 Å². The number of rotatable bonds is 8. The Kier molecular flexibility index (Phi) is 10.4. The number of halogens is 1. The van der Waals surface area contributed by atoms with Gasteiger partial charge in [0.05, 0.1) is 12.2 Å². The van der Waals surface area contributed by atoms with Crippen molar-refractivity contribution < 1.29 is 9.21 Å². The van der Waals surface area contributed by atoms with E-state index in [9.17, 15) is 4.79 Å². The van der Waals surface area contributed by atoms with Gasteiger partial charge in [0.1, 0.15) is 6.26 Å². The van der Waals surface area contributed by atoms with Crippen LogP contribution < -0.4 is 16.0 Å². The van der Waals surface area contributed by atoms with Crippen LogP contribution in [0.15, 0.2) is 64.2 Å². The Labute approximate surface area is 212 Å². The number of aryl methyl sites for hydroxylation is 1. The number of hydrogen-bond donors (Lipinski definition) is 3. The smallest absolute Gasteiger partial charge is 0.226 e. The molecular weight excluding hydrogens is 529 g/mol. The normalized spacial score (nSPS) is 11.1. The van der Waals surface area contributed by atoms with Crippen LogP contribution in [-0.4, -0.2) is 23.9 Å². The molecule has 7 nitrogen and oxygen atoms in total. The first-order valence-electron chi connectivity index (χ1n) is 10.8. The summed E-state index contributed by atoms with van der Waals surface area (Å²) in [4.78, 5) is 20.8. The lowest BCUT2D eigenvalue weighted by Gasteiger charge is -2.12. The number of benzene rings is 2. The number of oxazole rings is 1. The monoisotopic (exact) mass is 561 g/mol. The summed E-state index contributed by atoms with van der Waals surface area (Å²) in [7, 11) is 1.72. The fraction of sp³-hybridized carbons (Fsp3) is 0.320. The molecule has 1 amide bonds. The third-order valence-corrected chi connectivity index (χ3v) is 4.78. The number of carbonyl (C=O) groups excluding carboxylic acids is 1. The molecule has 0 atom stereocenters. The van der Waals surface area contributed by atoms with Crippen molar-refractivity contribution in [2.45, 2.75) is 40.3 Å². The minimum absolute atomic E-state index is 0. The van der Waals surface area contributed by atoms with E-state index in [2.05, 4.69) is 25.9 Å². The SMILES string of the molecule is CN=C(NCc1cccc(NC(=O)CC(C)C)c1)NCc1coc(-c2ccc(C)cc2)n1.I. The van der Waals surface area contributed by atoms with Crippen LogP contribution in [0.3, 0.4) is 0 Å². The van der Waals surface area contributed by atoms with Crippen LogP contribution in [0, 0.1) is 12.8 Å². The Morgan fingerprint density at radius 2 is 1.82 bits per heavy atom. The van der Waals surface area contributed by atoms with E-state index < -0.39 is 0 Å². The van der Waals surface area contributed by atoms with E-state index in [-0.39, 0.29) is 29.9 Å². The van der Waals surface area contributed by atoms with Crippen molar-refractivity contribution in [1.82, 2.24) is 15.6 Å². The fourth-order valence-corrected chi connectivity index (χ4v) is 3.14. The highest BCUT2D eigenvalue weighted by molar-refractivity contribution is 14.0. The number of amides is 1. The van der Waals surface area contributed by atoms with Gasteiger partial charge in [-0.3, -0.25) is 9.79 Å². The molecule has 0 fully saturated rings. The summed E-state index contributed by atoms with van der Waals surface area (Å²) in [6, 6.07) is 15.9. The van der Waals surface area contributed by atoms with Crippen molar-refractivity contribution in [2.75, 3.05) is 12.4 Å². The van der Waals surface area contributed by atoms with Gasteiger partial charge in [-0.05, 0) is 42.7 Å². The molecule has 33 heavy (non-hydrogen) atoms. The van der Waals surface area contributed by atoms with Crippen LogP contribution in [0.1, 0.15) is 37.1 Å². The summed E-state index contributed by atoms with van der Waals surface area (Å²) in [6.07, 6.45) is 2.16. The van der Waals surface area contributed by atoms with E-state index in [0.29, 0.717) is 37.3 Å². The van der Waals surface area contributed by atoms with Gasteiger partial charge < -0.3 is 20.4 Å². The molecule has 3 rings (SSSR count). The molecule has 3 N–H and O–H groups in total. The molecule has 2 aromatic carbocycles. The lowest BCUT2D eigenvalue weighted by Crippen LogP contribution is -2.36. The van der Waals surface area contributed by atoms with Gasteiger partial charge >= 0.3 is 0 Å². The van der Waals surface area contributed by atoms with Crippen LogP contribution in [0.4, 0.5) is 5.69 Å². The minimum atomic E-state index is 0. The van der Waals surface area contributed by atoms with E-state index in [1.165, 1.54) is 5.56 Å². The zero-order chi connectivity index (χ0) is 22.9. The number of hydrogen-bond acceptors (Lipinski definition) is 4. The average molecular weight is 561 g/mol. The molecule has 0 aliphatic heterocycles. The maximum absolute atomic E-state index is 12.0. The second kappa shape index (κ2) is 13.0. The highest BCUT2D eigenvalue weighted by Gasteiger charge is 2.08. The van der Waals surface area contributed by atoms with E-state index in [0.717, 1.165) is 22.5 Å². The summed E-state index contributed by atoms with van der Waals surface area (Å²) >= 11 is 0. The Morgan fingerprint density at radius 3 is 2.52 bits per heavy atom. The highest BCUT2D eigenvalue weighted by Crippen LogP contribution is 2.19. The molecule has 0 aliphatic rings. The lowest BCUT2D eigenvalue weighted by atomic mass is 10.1. The molecule has 0 saturated heterocycles. The van der Waals surface area contributed by atoms with Crippen LogP contribution in [0.2, 0.25) is 0 Å². The van der Waals surface area contributed by atoms with Crippen molar-refractivity contribution in [1.29, 1.82) is 0 Å². The largest absolute Gasteiger partial charge is 0.444 e. The molecule has 8 heteroatoms. The third kappa shape index (κ3) is 8.53. The Bertz CT molecular complexity index is 1060. The molecule has 0 saturated carbocycles. The average Bonchev–Trinajstić information content (AvgIpc) is 3.23. The number of nitrogens with one attached hydrogen (secondary N) is 3. The first kappa shape index (κ1) is 26.4. The highest BCUT2D eigenvalue weighted by atomic mass is 127. The Hall–Kier alpha value is -2.88. The van der Waals surface area contributed by atoms with Gasteiger partial charge in [0.25, 0.3) is 0 Å². The molecule has 0 spiro atoms. The summed E-state index contributed by atoms with van der Waals surface area (Å²) in [5.41, 5.74) is 4.77. The van der Waals surface area contributed by atoms with Crippen LogP contribution in [0.25, 0.3) is 11.5 Å². The zero-order valence-electron chi connectivity index (χ0n) is 19.5. The molecule has 0 unspecified atom stereocenters. The Balaban J connectivity index is 0.00000385. The van der Waals surface area contributed by atoms with Gasteiger partial charge in [0.2, 0.25) is 11.8 Å². The predicted molar refractivity (Wildman–Crippen MR) is 144 cm³/mol. The first-order chi connectivity index (χ1) is 15.4. The second-order valence-corrected chi connectivity index (χ2v) is 8.14. The number of aromatic nitrogens is 1. The Morgan fingerprint density at radius 1 is 1.09 bits per heavy atom. The van der Waals surface area contributed by atoms with Crippen molar-refractivity contribution in [2.24, 2.45) is 10.9 Å². The third-order valence-electron chi connectivity index (χ3n) is 4.78. The van der Waals surface area contributed by atoms with Crippen molar-refractivity contribution in [3.8, 4) is 11.5 Å². The van der Waals surface area contributed by atoms with E-state index >= 15 is 0 Å². The van der Waals surface area contributed by atoms with Gasteiger partial charge in [-0.2, -0.15) is 0 Å². The van der Waals surface area contributed by atoms with Crippen molar-refractivity contribution in [3.63, 3.8) is 0 Å². The number of guanidine groups is 1. The van der Waals surface area contributed by atoms with E-state index in [1.807, 2.05) is 69.3 Å². The number of nitrogens with zero attached hydrogens (tertiary/aromatic N) is 2. The van der Waals surface area contributed by atoms with Crippen molar-refractivity contribution >= 4 is 41.5 Å². The van der Waals surface area contributed by atoms with Gasteiger partial charge in [-0.1, -0.05) is 43.7 Å². The van der Waals surface area contributed by atoms with E-state index in [1.54, 1.807) is 13.3 Å². The topological polar surface area (TPSA) is 91.5 Å². The molecule has 1 aromatic heterocycles. The maximum Gasteiger partial charge on any atom is 0.226 e. The molecule has 3 aromatic rings. The summed E-state index contributed by atoms with van der Waals surface area (Å²) in [5.74, 6) is 1.60. The number of aliphatic imine (C=N–C) groups is 1. The standard InChI is InChI=1S/C25H31N5O2.HI/c1-17(2)12-23(31)29-21-7-5-6-19(13-21)14-27-25(26-4)28-15-22-16-32-24(30-22)20-10-8-18(3)9-11-20;/h5-11,13,16-17H,12,14-15H2,1-4H3,(H,29,31)(H2,26,27,28);1H. The predicted octanol–water partition coefficient (Wildman–Crippen LogP) is 5.12. The molecule has 0 radical (unpaired) electrons. The summed E-state index contributed by atoms with van der Waals surface area (Å²) in [5, 5.41) is 9.48. The maximum atomic E-state index is 12.0. The summed E-state index contributed by atoms with van der Waals surface area (Å²) in [6.45, 7) is 7.16. The second-order valence-electron chi connectivity index (χ2n) is 8.14. The van der Waals surface area contributed by atoms with Crippen molar-refractivity contribution in [3.05, 3.63) is 71.6 Å². The molecule has 0 aliphatic carbocycles. The van der Waals surface area contributed by atoms with Crippen LogP contribution >= 0.6 is 24.0 Å². The molecule has 1 heterocycles. The fourth-order valence-electron chi connectivity index (χ4n) is 3.14. The zero-order valence-corrected chi connectivity index (χ0v) is 21.8. The quantitative estimate of drug-likeness (QED) is 0.202.